The number of carbonyl (C=O) groups is 1. The van der Waals surface area contributed by atoms with Gasteiger partial charge in [-0.1, -0.05) is 27.7 Å². The number of amides is 1. The van der Waals surface area contributed by atoms with Crippen LogP contribution in [0.15, 0.2) is 51.3 Å². The maximum atomic E-state index is 14.0. The molecule has 1 N–H and O–H groups in total. The molecule has 204 valence electrons. The third-order valence-corrected chi connectivity index (χ3v) is 9.32. The summed E-state index contributed by atoms with van der Waals surface area (Å²) in [6, 6.07) is 7.24. The summed E-state index contributed by atoms with van der Waals surface area (Å²) in [5, 5.41) is 10.8. The first-order chi connectivity index (χ1) is 18.0. The summed E-state index contributed by atoms with van der Waals surface area (Å²) in [6.07, 6.45) is 1.52. The van der Waals surface area contributed by atoms with Gasteiger partial charge < -0.3 is 9.32 Å². The average Bonchev–Trinajstić information content (AvgIpc) is 3.61. The molecule has 4 aromatic rings. The van der Waals surface area contributed by atoms with Crippen molar-refractivity contribution in [3.05, 3.63) is 64.1 Å². The molecule has 4 rings (SSSR count). The fourth-order valence-corrected chi connectivity index (χ4v) is 6.72. The van der Waals surface area contributed by atoms with Crippen LogP contribution in [0.25, 0.3) is 11.0 Å². The predicted octanol–water partition coefficient (Wildman–Crippen LogP) is 5.31. The van der Waals surface area contributed by atoms with E-state index in [4.69, 9.17) is 9.40 Å². The standard InChI is InChI=1S/C27H35N5O4S2/c1-17(2)13-31(14-23-16-37-26(28-23)18(3)4)27(33)20(6)32(15-22-11-19(5)29-30-22)38(34,35)24-7-8-25-21(12-24)9-10-36-25/h7-12,16-18,20H,13-15H2,1-6H3,(H,29,30)/t20-/m0/s1. The number of furan rings is 1. The van der Waals surface area contributed by atoms with Gasteiger partial charge in [0, 0.05) is 28.9 Å². The summed E-state index contributed by atoms with van der Waals surface area (Å²) < 4.78 is 34.6. The lowest BCUT2D eigenvalue weighted by Crippen LogP contribution is -2.49. The zero-order chi connectivity index (χ0) is 27.6. The molecule has 0 fully saturated rings. The van der Waals surface area contributed by atoms with Crippen molar-refractivity contribution in [3.63, 3.8) is 0 Å². The average molecular weight is 558 g/mol. The van der Waals surface area contributed by atoms with E-state index in [1.807, 2.05) is 26.2 Å². The van der Waals surface area contributed by atoms with Crippen molar-refractivity contribution in [1.82, 2.24) is 24.4 Å². The van der Waals surface area contributed by atoms with Gasteiger partial charge in [0.1, 0.15) is 11.6 Å². The Labute approximate surface area is 227 Å². The third kappa shape index (κ3) is 6.16. The van der Waals surface area contributed by atoms with Crippen molar-refractivity contribution in [2.24, 2.45) is 5.92 Å². The molecule has 0 unspecified atom stereocenters. The van der Waals surface area contributed by atoms with E-state index in [1.54, 1.807) is 47.4 Å². The molecule has 0 saturated carbocycles. The highest BCUT2D eigenvalue weighted by Gasteiger charge is 2.36. The number of H-pyrrole nitrogens is 1. The molecule has 0 spiro atoms. The number of aromatic amines is 1. The third-order valence-electron chi connectivity index (χ3n) is 6.21. The van der Waals surface area contributed by atoms with Crippen molar-refractivity contribution in [1.29, 1.82) is 0 Å². The van der Waals surface area contributed by atoms with E-state index >= 15 is 0 Å². The lowest BCUT2D eigenvalue weighted by Gasteiger charge is -2.32. The van der Waals surface area contributed by atoms with Crippen LogP contribution in [0.1, 0.15) is 62.6 Å². The first-order valence-corrected chi connectivity index (χ1v) is 15.0. The van der Waals surface area contributed by atoms with E-state index in [2.05, 4.69) is 24.0 Å². The van der Waals surface area contributed by atoms with Gasteiger partial charge in [0.2, 0.25) is 15.9 Å². The summed E-state index contributed by atoms with van der Waals surface area (Å²) >= 11 is 1.58. The van der Waals surface area contributed by atoms with E-state index in [-0.39, 0.29) is 23.3 Å². The summed E-state index contributed by atoms with van der Waals surface area (Å²) in [5.74, 6) is 0.211. The highest BCUT2D eigenvalue weighted by atomic mass is 32.2. The largest absolute Gasteiger partial charge is 0.464 e. The van der Waals surface area contributed by atoms with Crippen LogP contribution in [0.5, 0.6) is 0 Å². The number of rotatable bonds is 11. The molecule has 3 aromatic heterocycles. The molecular weight excluding hydrogens is 522 g/mol. The summed E-state index contributed by atoms with van der Waals surface area (Å²) in [5.41, 5.74) is 2.74. The summed E-state index contributed by atoms with van der Waals surface area (Å²) in [4.78, 5) is 20.5. The van der Waals surface area contributed by atoms with Crippen LogP contribution in [0.3, 0.4) is 0 Å². The van der Waals surface area contributed by atoms with Crippen LogP contribution in [0, 0.1) is 12.8 Å². The van der Waals surface area contributed by atoms with Gasteiger partial charge in [0.05, 0.1) is 40.6 Å². The number of benzene rings is 1. The molecule has 0 aliphatic rings. The molecule has 1 aromatic carbocycles. The van der Waals surface area contributed by atoms with Crippen LogP contribution in [-0.4, -0.2) is 51.3 Å². The zero-order valence-electron chi connectivity index (χ0n) is 22.6. The van der Waals surface area contributed by atoms with Crippen LogP contribution >= 0.6 is 11.3 Å². The first kappa shape index (κ1) is 28.0. The molecule has 3 heterocycles. The van der Waals surface area contributed by atoms with Gasteiger partial charge in [-0.25, -0.2) is 13.4 Å². The molecule has 38 heavy (non-hydrogen) atoms. The topological polar surface area (TPSA) is 112 Å². The fraction of sp³-hybridized carbons (Fsp3) is 0.444. The van der Waals surface area contributed by atoms with Gasteiger partial charge in [0.25, 0.3) is 0 Å². The molecule has 9 nitrogen and oxygen atoms in total. The van der Waals surface area contributed by atoms with Crippen LogP contribution in [-0.2, 0) is 27.9 Å². The second-order valence-electron chi connectivity index (χ2n) is 10.3. The SMILES string of the molecule is Cc1cc(CN([C@@H](C)C(=O)N(Cc2csc(C(C)C)n2)CC(C)C)S(=O)(=O)c2ccc3occc3c2)n[nH]1. The van der Waals surface area contributed by atoms with Crippen molar-refractivity contribution >= 4 is 38.2 Å². The molecule has 1 amide bonds. The Morgan fingerprint density at radius 2 is 1.84 bits per heavy atom. The lowest BCUT2D eigenvalue weighted by atomic mass is 10.1. The number of hydrogen-bond donors (Lipinski definition) is 1. The van der Waals surface area contributed by atoms with Gasteiger partial charge in [-0.15, -0.1) is 11.3 Å². The van der Waals surface area contributed by atoms with Crippen molar-refractivity contribution in [2.75, 3.05) is 6.54 Å². The lowest BCUT2D eigenvalue weighted by molar-refractivity contribution is -0.136. The smallest absolute Gasteiger partial charge is 0.244 e. The number of aryl methyl sites for hydroxylation is 1. The second kappa shape index (κ2) is 11.4. The van der Waals surface area contributed by atoms with Gasteiger partial charge in [-0.2, -0.15) is 9.40 Å². The molecule has 0 aliphatic heterocycles. The quantitative estimate of drug-likeness (QED) is 0.268. The Morgan fingerprint density at radius 3 is 2.47 bits per heavy atom. The Hall–Kier alpha value is -3.02. The predicted molar refractivity (Wildman–Crippen MR) is 148 cm³/mol. The Balaban J connectivity index is 1.68. The number of aromatic nitrogens is 3. The zero-order valence-corrected chi connectivity index (χ0v) is 24.3. The molecule has 0 aliphatic carbocycles. The van der Waals surface area contributed by atoms with Crippen molar-refractivity contribution in [2.45, 2.75) is 71.5 Å². The van der Waals surface area contributed by atoms with E-state index < -0.39 is 16.1 Å². The van der Waals surface area contributed by atoms with Crippen molar-refractivity contribution in [3.8, 4) is 0 Å². The van der Waals surface area contributed by atoms with Crippen molar-refractivity contribution < 1.29 is 17.6 Å². The van der Waals surface area contributed by atoms with Crippen LogP contribution < -0.4 is 0 Å². The van der Waals surface area contributed by atoms with E-state index in [0.717, 1.165) is 16.4 Å². The Kier molecular flexibility index (Phi) is 8.39. The number of carbonyl (C=O) groups excluding carboxylic acids is 1. The highest BCUT2D eigenvalue weighted by molar-refractivity contribution is 7.89. The highest BCUT2D eigenvalue weighted by Crippen LogP contribution is 2.27. The minimum atomic E-state index is -4.07. The number of hydrogen-bond acceptors (Lipinski definition) is 7. The molecule has 0 saturated heterocycles. The maximum Gasteiger partial charge on any atom is 0.244 e. The molecular formula is C27H35N5O4S2. The van der Waals surface area contributed by atoms with Crippen LogP contribution in [0.2, 0.25) is 0 Å². The Bertz CT molecular complexity index is 1500. The summed E-state index contributed by atoms with van der Waals surface area (Å²) in [6.45, 7) is 12.5. The van der Waals surface area contributed by atoms with E-state index in [1.165, 1.54) is 16.6 Å². The Morgan fingerprint density at radius 1 is 1.08 bits per heavy atom. The normalized spacial score (nSPS) is 13.2. The van der Waals surface area contributed by atoms with E-state index in [9.17, 15) is 13.2 Å². The molecule has 0 bridgehead atoms. The maximum absolute atomic E-state index is 14.0. The van der Waals surface area contributed by atoms with Crippen LogP contribution in [0.4, 0.5) is 0 Å². The van der Waals surface area contributed by atoms with E-state index in [0.29, 0.717) is 35.7 Å². The summed E-state index contributed by atoms with van der Waals surface area (Å²) in [7, 11) is -4.07. The molecule has 11 heteroatoms. The van der Waals surface area contributed by atoms with Gasteiger partial charge in [-0.3, -0.25) is 9.89 Å². The van der Waals surface area contributed by atoms with Gasteiger partial charge in [0.15, 0.2) is 0 Å². The van der Waals surface area contributed by atoms with Gasteiger partial charge >= 0.3 is 0 Å². The first-order valence-electron chi connectivity index (χ1n) is 12.7. The number of thiazole rings is 1. The fourth-order valence-electron chi connectivity index (χ4n) is 4.30. The van der Waals surface area contributed by atoms with Gasteiger partial charge in [-0.05, 0) is 50.1 Å². The molecule has 1 atom stereocenters. The minimum Gasteiger partial charge on any atom is -0.464 e. The number of sulfonamides is 1. The number of nitrogens with one attached hydrogen (secondary N) is 1. The number of fused-ring (bicyclic) bond motifs is 1. The number of nitrogens with zero attached hydrogens (tertiary/aromatic N) is 4. The molecule has 0 radical (unpaired) electrons. The minimum absolute atomic E-state index is 0.0489. The second-order valence-corrected chi connectivity index (χ2v) is 13.1. The monoisotopic (exact) mass is 557 g/mol.